The van der Waals surface area contributed by atoms with Crippen molar-refractivity contribution in [1.29, 1.82) is 0 Å². The fourth-order valence-corrected chi connectivity index (χ4v) is 3.45. The number of likely N-dealkylation sites (N-methyl/N-ethyl adjacent to an activating group) is 1. The van der Waals surface area contributed by atoms with E-state index in [0.717, 1.165) is 28.1 Å². The third-order valence-corrected chi connectivity index (χ3v) is 5.06. The molecule has 0 radical (unpaired) electrons. The van der Waals surface area contributed by atoms with Gasteiger partial charge >= 0.3 is 0 Å². The van der Waals surface area contributed by atoms with Crippen molar-refractivity contribution in [3.05, 3.63) is 89.4 Å². The normalized spacial score (nSPS) is 10.8. The van der Waals surface area contributed by atoms with Crippen molar-refractivity contribution in [2.75, 3.05) is 25.5 Å². The molecule has 0 spiro atoms. The number of benzene rings is 2. The van der Waals surface area contributed by atoms with Gasteiger partial charge in [-0.2, -0.15) is 0 Å². The van der Waals surface area contributed by atoms with Crippen molar-refractivity contribution >= 4 is 17.5 Å². The Hall–Kier alpha value is -3.38. The van der Waals surface area contributed by atoms with E-state index in [9.17, 15) is 9.59 Å². The summed E-state index contributed by atoms with van der Waals surface area (Å²) in [6.45, 7) is 5.04. The Bertz CT molecular complexity index is 980. The number of nitrogens with one attached hydrogen (secondary N) is 1. The molecule has 0 fully saturated rings. The van der Waals surface area contributed by atoms with Gasteiger partial charge in [0.2, 0.25) is 11.8 Å². The molecular weight excluding hydrogens is 390 g/mol. The number of furan rings is 1. The highest BCUT2D eigenvalue weighted by atomic mass is 16.3. The van der Waals surface area contributed by atoms with Crippen LogP contribution in [0.3, 0.4) is 0 Å². The number of rotatable bonds is 9. The van der Waals surface area contributed by atoms with Crippen LogP contribution in [0.25, 0.3) is 0 Å². The molecule has 3 aromatic rings. The molecule has 2 aromatic carbocycles. The monoisotopic (exact) mass is 419 g/mol. The third-order valence-electron chi connectivity index (χ3n) is 5.06. The van der Waals surface area contributed by atoms with E-state index in [1.807, 2.05) is 74.5 Å². The van der Waals surface area contributed by atoms with Crippen LogP contribution in [0, 0.1) is 13.8 Å². The van der Waals surface area contributed by atoms with Crippen LogP contribution in [0.2, 0.25) is 0 Å². The Balaban J connectivity index is 1.61. The molecule has 162 valence electrons. The maximum atomic E-state index is 13.0. The fraction of sp³-hybridized carbons (Fsp3) is 0.280. The molecule has 0 bridgehead atoms. The number of hydrogen-bond donors (Lipinski definition) is 1. The van der Waals surface area contributed by atoms with Gasteiger partial charge in [0, 0.05) is 12.2 Å². The van der Waals surface area contributed by atoms with E-state index in [1.54, 1.807) is 23.1 Å². The third kappa shape index (κ3) is 6.55. The first-order valence-corrected chi connectivity index (χ1v) is 10.3. The van der Waals surface area contributed by atoms with Crippen LogP contribution in [0.15, 0.2) is 71.3 Å². The summed E-state index contributed by atoms with van der Waals surface area (Å²) in [4.78, 5) is 29.0. The lowest BCUT2D eigenvalue weighted by Crippen LogP contribution is -2.41. The molecule has 0 aliphatic carbocycles. The fourth-order valence-electron chi connectivity index (χ4n) is 3.45. The number of para-hydroxylation sites is 1. The van der Waals surface area contributed by atoms with E-state index in [2.05, 4.69) is 5.32 Å². The van der Waals surface area contributed by atoms with Crippen molar-refractivity contribution in [2.45, 2.75) is 26.9 Å². The van der Waals surface area contributed by atoms with Crippen LogP contribution < -0.4 is 5.32 Å². The summed E-state index contributed by atoms with van der Waals surface area (Å²) in [5.74, 6) is 0.510. The predicted octanol–water partition coefficient (Wildman–Crippen LogP) is 4.00. The average Bonchev–Trinajstić information content (AvgIpc) is 3.24. The summed E-state index contributed by atoms with van der Waals surface area (Å²) in [5, 5.41) is 2.97. The number of carbonyl (C=O) groups excluding carboxylic acids is 2. The molecule has 6 heteroatoms. The van der Waals surface area contributed by atoms with E-state index < -0.39 is 0 Å². The highest BCUT2D eigenvalue weighted by Gasteiger charge is 2.19. The summed E-state index contributed by atoms with van der Waals surface area (Å²) < 4.78 is 5.44. The second-order valence-electron chi connectivity index (χ2n) is 7.80. The molecular formula is C25H29N3O3. The van der Waals surface area contributed by atoms with Crippen molar-refractivity contribution in [3.8, 4) is 0 Å². The van der Waals surface area contributed by atoms with Crippen molar-refractivity contribution < 1.29 is 14.0 Å². The molecule has 31 heavy (non-hydrogen) atoms. The molecule has 1 N–H and O–H groups in total. The molecule has 3 rings (SSSR count). The van der Waals surface area contributed by atoms with Gasteiger partial charge in [0.25, 0.3) is 0 Å². The standard InChI is InChI=1S/C25H29N3O3/c1-19-9-7-10-20(2)25(19)26-23(29)17-27(3)18-24(30)28(16-22-13-8-14-31-22)15-21-11-5-4-6-12-21/h4-14H,15-18H2,1-3H3,(H,26,29). The van der Waals surface area contributed by atoms with Crippen LogP contribution in [0.5, 0.6) is 0 Å². The molecule has 6 nitrogen and oxygen atoms in total. The first-order valence-electron chi connectivity index (χ1n) is 10.3. The molecule has 0 saturated heterocycles. The SMILES string of the molecule is Cc1cccc(C)c1NC(=O)CN(C)CC(=O)N(Cc1ccccc1)Cc1ccco1. The molecule has 0 aliphatic rings. The minimum Gasteiger partial charge on any atom is -0.467 e. The molecule has 0 aliphatic heterocycles. The Kier molecular flexibility index (Phi) is 7.62. The van der Waals surface area contributed by atoms with Gasteiger partial charge in [-0.25, -0.2) is 0 Å². The molecule has 0 atom stereocenters. The average molecular weight is 420 g/mol. The van der Waals surface area contributed by atoms with E-state index in [0.29, 0.717) is 13.1 Å². The van der Waals surface area contributed by atoms with Gasteiger partial charge in [0.1, 0.15) is 5.76 Å². The van der Waals surface area contributed by atoms with E-state index in [-0.39, 0.29) is 24.9 Å². The topological polar surface area (TPSA) is 65.8 Å². The van der Waals surface area contributed by atoms with Crippen LogP contribution in [-0.4, -0.2) is 41.8 Å². The quantitative estimate of drug-likeness (QED) is 0.569. The van der Waals surface area contributed by atoms with Crippen molar-refractivity contribution in [1.82, 2.24) is 9.80 Å². The molecule has 1 heterocycles. The molecule has 2 amide bonds. The second kappa shape index (κ2) is 10.6. The Labute approximate surface area is 183 Å². The number of hydrogen-bond acceptors (Lipinski definition) is 4. The minimum atomic E-state index is -0.145. The van der Waals surface area contributed by atoms with E-state index in [4.69, 9.17) is 4.42 Å². The highest BCUT2D eigenvalue weighted by Crippen LogP contribution is 2.19. The summed E-state index contributed by atoms with van der Waals surface area (Å²) in [7, 11) is 1.77. The lowest BCUT2D eigenvalue weighted by Gasteiger charge is -2.25. The van der Waals surface area contributed by atoms with Gasteiger partial charge in [-0.15, -0.1) is 0 Å². The van der Waals surface area contributed by atoms with Gasteiger partial charge in [-0.3, -0.25) is 14.5 Å². The van der Waals surface area contributed by atoms with Crippen LogP contribution in [-0.2, 0) is 22.7 Å². The highest BCUT2D eigenvalue weighted by molar-refractivity contribution is 5.94. The first-order chi connectivity index (χ1) is 14.9. The number of aryl methyl sites for hydroxylation is 2. The lowest BCUT2D eigenvalue weighted by atomic mass is 10.1. The van der Waals surface area contributed by atoms with Crippen LogP contribution in [0.4, 0.5) is 5.69 Å². The van der Waals surface area contributed by atoms with Crippen LogP contribution >= 0.6 is 0 Å². The predicted molar refractivity (Wildman–Crippen MR) is 121 cm³/mol. The summed E-state index contributed by atoms with van der Waals surface area (Å²) >= 11 is 0. The second-order valence-corrected chi connectivity index (χ2v) is 7.80. The van der Waals surface area contributed by atoms with E-state index in [1.165, 1.54) is 0 Å². The van der Waals surface area contributed by atoms with Gasteiger partial charge in [-0.05, 0) is 49.7 Å². The van der Waals surface area contributed by atoms with Gasteiger partial charge in [-0.1, -0.05) is 48.5 Å². The number of nitrogens with zero attached hydrogens (tertiary/aromatic N) is 2. The zero-order valence-electron chi connectivity index (χ0n) is 18.3. The molecule has 1 aromatic heterocycles. The van der Waals surface area contributed by atoms with Crippen molar-refractivity contribution in [3.63, 3.8) is 0 Å². The summed E-state index contributed by atoms with van der Waals surface area (Å²) in [6.07, 6.45) is 1.60. The number of anilines is 1. The van der Waals surface area contributed by atoms with Crippen molar-refractivity contribution in [2.24, 2.45) is 0 Å². The first kappa shape index (κ1) is 22.3. The Morgan fingerprint density at radius 3 is 2.23 bits per heavy atom. The summed E-state index contributed by atoms with van der Waals surface area (Å²) in [6, 6.07) is 19.4. The Morgan fingerprint density at radius 2 is 1.58 bits per heavy atom. The zero-order chi connectivity index (χ0) is 22.2. The Morgan fingerprint density at radius 1 is 0.871 bits per heavy atom. The van der Waals surface area contributed by atoms with Gasteiger partial charge < -0.3 is 14.6 Å². The maximum Gasteiger partial charge on any atom is 0.238 e. The zero-order valence-corrected chi connectivity index (χ0v) is 18.3. The molecule has 0 saturated carbocycles. The summed E-state index contributed by atoms with van der Waals surface area (Å²) in [5.41, 5.74) is 3.90. The van der Waals surface area contributed by atoms with Crippen LogP contribution in [0.1, 0.15) is 22.5 Å². The van der Waals surface area contributed by atoms with Gasteiger partial charge in [0.15, 0.2) is 0 Å². The number of amides is 2. The number of carbonyl (C=O) groups is 2. The van der Waals surface area contributed by atoms with E-state index >= 15 is 0 Å². The largest absolute Gasteiger partial charge is 0.467 e. The smallest absolute Gasteiger partial charge is 0.238 e. The molecule has 0 unspecified atom stereocenters. The minimum absolute atomic E-state index is 0.0670. The lowest BCUT2D eigenvalue weighted by molar-refractivity contribution is -0.134. The maximum absolute atomic E-state index is 13.0. The van der Waals surface area contributed by atoms with Gasteiger partial charge in [0.05, 0.1) is 25.9 Å².